The van der Waals surface area contributed by atoms with Crippen LogP contribution in [0.3, 0.4) is 0 Å². The second-order valence-corrected chi connectivity index (χ2v) is 4.33. The average molecular weight is 198 g/mol. The minimum absolute atomic E-state index is 0.0180. The quantitative estimate of drug-likeness (QED) is 0.703. The molecule has 80 valence electrons. The van der Waals surface area contributed by atoms with Crippen molar-refractivity contribution in [2.45, 2.75) is 45.2 Å². The van der Waals surface area contributed by atoms with Crippen LogP contribution in [-0.2, 0) is 9.59 Å². The smallest absolute Gasteiger partial charge is 0.248 e. The molecule has 0 aliphatic carbocycles. The summed E-state index contributed by atoms with van der Waals surface area (Å²) < 4.78 is 0. The number of hydrogen-bond acceptors (Lipinski definition) is 2. The highest BCUT2D eigenvalue weighted by atomic mass is 16.2. The molecule has 1 heterocycles. The van der Waals surface area contributed by atoms with Crippen molar-refractivity contribution < 1.29 is 9.59 Å². The Bertz CT molecular complexity index is 261. The number of carbonyl (C=O) groups is 2. The summed E-state index contributed by atoms with van der Waals surface area (Å²) in [4.78, 5) is 25.0. The summed E-state index contributed by atoms with van der Waals surface area (Å²) in [7, 11) is 1.70. The van der Waals surface area contributed by atoms with Crippen molar-refractivity contribution in [3.63, 3.8) is 0 Å². The minimum atomic E-state index is -0.754. The molecule has 2 amide bonds. The van der Waals surface area contributed by atoms with Crippen molar-refractivity contribution in [1.82, 2.24) is 10.2 Å². The van der Waals surface area contributed by atoms with Crippen LogP contribution in [0.1, 0.15) is 33.6 Å². The highest BCUT2D eigenvalue weighted by Crippen LogP contribution is 2.18. The molecule has 1 aliphatic heterocycles. The first-order valence-electron chi connectivity index (χ1n) is 4.99. The molecular weight excluding hydrogens is 180 g/mol. The van der Waals surface area contributed by atoms with Gasteiger partial charge in [0.15, 0.2) is 0 Å². The Morgan fingerprint density at radius 3 is 2.50 bits per heavy atom. The number of amides is 2. The third-order valence-corrected chi connectivity index (χ3v) is 2.62. The van der Waals surface area contributed by atoms with Gasteiger partial charge in [0.25, 0.3) is 0 Å². The lowest BCUT2D eigenvalue weighted by molar-refractivity contribution is -0.151. The molecule has 0 radical (unpaired) electrons. The van der Waals surface area contributed by atoms with Gasteiger partial charge in [-0.05, 0) is 20.3 Å². The van der Waals surface area contributed by atoms with Gasteiger partial charge in [-0.2, -0.15) is 0 Å². The maximum Gasteiger partial charge on any atom is 0.248 e. The lowest BCUT2D eigenvalue weighted by Gasteiger charge is -2.40. The van der Waals surface area contributed by atoms with E-state index in [9.17, 15) is 9.59 Å². The van der Waals surface area contributed by atoms with Crippen LogP contribution in [0.25, 0.3) is 0 Å². The number of nitrogens with one attached hydrogen (secondary N) is 1. The van der Waals surface area contributed by atoms with E-state index in [1.807, 2.05) is 6.92 Å². The zero-order chi connectivity index (χ0) is 10.9. The predicted molar refractivity (Wildman–Crippen MR) is 53.7 cm³/mol. The van der Waals surface area contributed by atoms with Crippen LogP contribution in [0.4, 0.5) is 0 Å². The molecule has 1 aliphatic rings. The van der Waals surface area contributed by atoms with Gasteiger partial charge in [0, 0.05) is 7.05 Å². The fourth-order valence-electron chi connectivity index (χ4n) is 1.80. The molecule has 1 N–H and O–H groups in total. The van der Waals surface area contributed by atoms with Crippen molar-refractivity contribution >= 4 is 11.8 Å². The van der Waals surface area contributed by atoms with Crippen molar-refractivity contribution in [3.8, 4) is 0 Å². The van der Waals surface area contributed by atoms with Gasteiger partial charge in [-0.15, -0.1) is 0 Å². The Morgan fingerprint density at radius 1 is 1.43 bits per heavy atom. The molecule has 0 bridgehead atoms. The Labute approximate surface area is 84.7 Å². The summed E-state index contributed by atoms with van der Waals surface area (Å²) in [5.41, 5.74) is -0.754. The maximum atomic E-state index is 11.8. The molecule has 1 atom stereocenters. The number of rotatable bonds is 2. The first-order valence-corrected chi connectivity index (χ1v) is 4.99. The monoisotopic (exact) mass is 198 g/mol. The van der Waals surface area contributed by atoms with Crippen molar-refractivity contribution in [3.05, 3.63) is 0 Å². The van der Waals surface area contributed by atoms with Crippen molar-refractivity contribution in [2.75, 3.05) is 7.05 Å². The Balaban J connectivity index is 2.85. The average Bonchev–Trinajstić information content (AvgIpc) is 2.08. The van der Waals surface area contributed by atoms with Gasteiger partial charge in [0.2, 0.25) is 11.8 Å². The van der Waals surface area contributed by atoms with Gasteiger partial charge in [-0.25, -0.2) is 0 Å². The van der Waals surface area contributed by atoms with Gasteiger partial charge in [-0.1, -0.05) is 13.3 Å². The summed E-state index contributed by atoms with van der Waals surface area (Å²) >= 11 is 0. The first kappa shape index (κ1) is 11.0. The van der Waals surface area contributed by atoms with E-state index in [-0.39, 0.29) is 17.9 Å². The molecule has 0 aromatic heterocycles. The van der Waals surface area contributed by atoms with Crippen molar-refractivity contribution in [2.24, 2.45) is 0 Å². The molecule has 1 unspecified atom stereocenters. The molecule has 1 rings (SSSR count). The Hall–Kier alpha value is -1.06. The predicted octanol–water partition coefficient (Wildman–Crippen LogP) is 0.522. The lowest BCUT2D eigenvalue weighted by atomic mass is 9.96. The highest BCUT2D eigenvalue weighted by molar-refractivity contribution is 5.99. The Morgan fingerprint density at radius 2 is 2.00 bits per heavy atom. The van der Waals surface area contributed by atoms with Gasteiger partial charge in [-0.3, -0.25) is 9.59 Å². The maximum absolute atomic E-state index is 11.8. The zero-order valence-corrected chi connectivity index (χ0v) is 9.26. The minimum Gasteiger partial charge on any atom is -0.340 e. The molecular formula is C10H18N2O2. The molecule has 0 aromatic rings. The van der Waals surface area contributed by atoms with Gasteiger partial charge < -0.3 is 10.2 Å². The molecule has 0 saturated carbocycles. The molecule has 14 heavy (non-hydrogen) atoms. The SMILES string of the molecule is CCCC1C(=O)NC(C)(C)C(=O)N1C. The number of hydrogen-bond donors (Lipinski definition) is 1. The van der Waals surface area contributed by atoms with Crippen LogP contribution in [0.5, 0.6) is 0 Å². The van der Waals surface area contributed by atoms with Crippen LogP contribution in [0.2, 0.25) is 0 Å². The van der Waals surface area contributed by atoms with Crippen LogP contribution in [-0.4, -0.2) is 35.3 Å². The summed E-state index contributed by atoms with van der Waals surface area (Å²) in [6.07, 6.45) is 1.63. The largest absolute Gasteiger partial charge is 0.340 e. The standard InChI is InChI=1S/C10H18N2O2/c1-5-6-7-8(13)11-10(2,3)9(14)12(7)4/h7H,5-6H2,1-4H3,(H,11,13). The van der Waals surface area contributed by atoms with E-state index < -0.39 is 5.54 Å². The zero-order valence-electron chi connectivity index (χ0n) is 9.26. The van der Waals surface area contributed by atoms with Crippen LogP contribution in [0, 0.1) is 0 Å². The second-order valence-electron chi connectivity index (χ2n) is 4.33. The van der Waals surface area contributed by atoms with E-state index in [4.69, 9.17) is 0 Å². The number of carbonyl (C=O) groups excluding carboxylic acids is 2. The molecule has 4 nitrogen and oxygen atoms in total. The molecule has 1 saturated heterocycles. The molecule has 0 aromatic carbocycles. The fourth-order valence-corrected chi connectivity index (χ4v) is 1.80. The van der Waals surface area contributed by atoms with E-state index >= 15 is 0 Å². The molecule has 1 fully saturated rings. The van der Waals surface area contributed by atoms with Crippen LogP contribution < -0.4 is 5.32 Å². The first-order chi connectivity index (χ1) is 6.40. The molecule has 4 heteroatoms. The van der Waals surface area contributed by atoms with Gasteiger partial charge in [0.05, 0.1) is 0 Å². The number of likely N-dealkylation sites (N-methyl/N-ethyl adjacent to an activating group) is 1. The third-order valence-electron chi connectivity index (χ3n) is 2.62. The topological polar surface area (TPSA) is 49.4 Å². The Kier molecular flexibility index (Phi) is 2.83. The third kappa shape index (κ3) is 1.74. The number of piperazine rings is 1. The van der Waals surface area contributed by atoms with E-state index in [1.165, 1.54) is 0 Å². The summed E-state index contributed by atoms with van der Waals surface area (Å²) in [5.74, 6) is -0.0606. The molecule has 0 spiro atoms. The second kappa shape index (κ2) is 3.59. The lowest BCUT2D eigenvalue weighted by Crippen LogP contribution is -2.66. The van der Waals surface area contributed by atoms with E-state index in [0.717, 1.165) is 12.8 Å². The summed E-state index contributed by atoms with van der Waals surface area (Å²) in [5, 5.41) is 2.74. The van der Waals surface area contributed by atoms with Crippen LogP contribution >= 0.6 is 0 Å². The number of nitrogens with zero attached hydrogens (tertiary/aromatic N) is 1. The van der Waals surface area contributed by atoms with Gasteiger partial charge in [0.1, 0.15) is 11.6 Å². The van der Waals surface area contributed by atoms with E-state index in [0.29, 0.717) is 0 Å². The van der Waals surface area contributed by atoms with E-state index in [2.05, 4.69) is 5.32 Å². The van der Waals surface area contributed by atoms with Gasteiger partial charge >= 0.3 is 0 Å². The van der Waals surface area contributed by atoms with Crippen LogP contribution in [0.15, 0.2) is 0 Å². The van der Waals surface area contributed by atoms with Crippen molar-refractivity contribution in [1.29, 1.82) is 0 Å². The van der Waals surface area contributed by atoms with E-state index in [1.54, 1.807) is 25.8 Å². The fraction of sp³-hybridized carbons (Fsp3) is 0.800. The normalized spacial score (nSPS) is 26.3. The summed E-state index contributed by atoms with van der Waals surface area (Å²) in [6.45, 7) is 5.46. The highest BCUT2D eigenvalue weighted by Gasteiger charge is 2.42. The summed E-state index contributed by atoms with van der Waals surface area (Å²) in [6, 6.07) is -0.291.